The van der Waals surface area contributed by atoms with Gasteiger partial charge >= 0.3 is 18.1 Å². The van der Waals surface area contributed by atoms with Gasteiger partial charge in [0.2, 0.25) is 0 Å². The van der Waals surface area contributed by atoms with E-state index in [9.17, 15) is 22.8 Å². The molecule has 1 unspecified atom stereocenters. The van der Waals surface area contributed by atoms with Crippen molar-refractivity contribution < 1.29 is 27.9 Å². The first-order chi connectivity index (χ1) is 8.30. The zero-order valence-electron chi connectivity index (χ0n) is 9.87. The smallest absolute Gasteiger partial charge is 0.471 e. The van der Waals surface area contributed by atoms with E-state index < -0.39 is 18.1 Å². The van der Waals surface area contributed by atoms with Gasteiger partial charge in [0.05, 0.1) is 0 Å². The quantitative estimate of drug-likeness (QED) is 0.833. The van der Waals surface area contributed by atoms with Crippen LogP contribution in [0.2, 0.25) is 0 Å². The van der Waals surface area contributed by atoms with Crippen molar-refractivity contribution in [2.45, 2.75) is 38.3 Å². The summed E-state index contributed by atoms with van der Waals surface area (Å²) in [5.74, 6) is -2.92. The lowest BCUT2D eigenvalue weighted by molar-refractivity contribution is -0.185. The summed E-state index contributed by atoms with van der Waals surface area (Å²) in [7, 11) is 0. The molecule has 1 saturated heterocycles. The lowest BCUT2D eigenvalue weighted by Gasteiger charge is -2.28. The SMILES string of the molecule is O=C(O)CC1CCCCN(C(=O)C(F)(F)F)CC1. The van der Waals surface area contributed by atoms with Gasteiger partial charge in [-0.15, -0.1) is 0 Å². The lowest BCUT2D eigenvalue weighted by atomic mass is 9.93. The van der Waals surface area contributed by atoms with Crippen LogP contribution in [0.25, 0.3) is 0 Å². The molecule has 1 N–H and O–H groups in total. The highest BCUT2D eigenvalue weighted by atomic mass is 19.4. The lowest BCUT2D eigenvalue weighted by Crippen LogP contribution is -2.43. The van der Waals surface area contributed by atoms with Crippen LogP contribution in [0.1, 0.15) is 32.1 Å². The van der Waals surface area contributed by atoms with Gasteiger partial charge in [0.25, 0.3) is 0 Å². The van der Waals surface area contributed by atoms with Gasteiger partial charge < -0.3 is 10.0 Å². The second-order valence-corrected chi connectivity index (χ2v) is 4.54. The van der Waals surface area contributed by atoms with Gasteiger partial charge in [-0.05, 0) is 25.2 Å². The Balaban J connectivity index is 2.58. The van der Waals surface area contributed by atoms with Crippen LogP contribution >= 0.6 is 0 Å². The van der Waals surface area contributed by atoms with E-state index in [1.54, 1.807) is 0 Å². The number of carboxylic acids is 1. The maximum absolute atomic E-state index is 12.3. The summed E-state index contributed by atoms with van der Waals surface area (Å²) in [5.41, 5.74) is 0. The molecule has 1 aliphatic heterocycles. The number of carbonyl (C=O) groups is 2. The first kappa shape index (κ1) is 14.8. The van der Waals surface area contributed by atoms with Crippen molar-refractivity contribution in [2.24, 2.45) is 5.92 Å². The van der Waals surface area contributed by atoms with Crippen molar-refractivity contribution in [3.63, 3.8) is 0 Å². The van der Waals surface area contributed by atoms with Crippen LogP contribution in [0, 0.1) is 5.92 Å². The zero-order valence-corrected chi connectivity index (χ0v) is 9.87. The van der Waals surface area contributed by atoms with Gasteiger partial charge in [0.15, 0.2) is 0 Å². The number of hydrogen-bond donors (Lipinski definition) is 1. The summed E-state index contributed by atoms with van der Waals surface area (Å²) in [5, 5.41) is 8.67. The molecule has 0 aromatic rings. The van der Waals surface area contributed by atoms with Crippen LogP contribution in [0.3, 0.4) is 0 Å². The number of carbonyl (C=O) groups excluding carboxylic acids is 1. The molecule has 1 atom stereocenters. The molecule has 0 aliphatic carbocycles. The molecule has 0 spiro atoms. The summed E-state index contributed by atoms with van der Waals surface area (Å²) in [4.78, 5) is 22.5. The van der Waals surface area contributed by atoms with Crippen LogP contribution in [-0.2, 0) is 9.59 Å². The second kappa shape index (κ2) is 6.06. The fourth-order valence-electron chi connectivity index (χ4n) is 2.16. The maximum atomic E-state index is 12.3. The van der Waals surface area contributed by atoms with Gasteiger partial charge in [0.1, 0.15) is 0 Å². The monoisotopic (exact) mass is 267 g/mol. The summed E-state index contributed by atoms with van der Waals surface area (Å²) in [6, 6.07) is 0. The van der Waals surface area contributed by atoms with E-state index in [2.05, 4.69) is 0 Å². The molecule has 0 radical (unpaired) electrons. The Labute approximate surface area is 103 Å². The second-order valence-electron chi connectivity index (χ2n) is 4.54. The van der Waals surface area contributed by atoms with E-state index in [4.69, 9.17) is 5.11 Å². The summed E-state index contributed by atoms with van der Waals surface area (Å²) < 4.78 is 36.9. The third-order valence-electron chi connectivity index (χ3n) is 3.09. The Kier molecular flexibility index (Phi) is 4.98. The standard InChI is InChI=1S/C11H16F3NO3/c12-11(13,14)10(18)15-5-2-1-3-8(4-6-15)7-9(16)17/h8H,1-7H2,(H,16,17). The van der Waals surface area contributed by atoms with Gasteiger partial charge in [-0.1, -0.05) is 6.42 Å². The number of halogens is 3. The van der Waals surface area contributed by atoms with Crippen molar-refractivity contribution in [1.82, 2.24) is 4.90 Å². The minimum Gasteiger partial charge on any atom is -0.481 e. The predicted octanol–water partition coefficient (Wildman–Crippen LogP) is 2.04. The Morgan fingerprint density at radius 1 is 1.17 bits per heavy atom. The number of rotatable bonds is 2. The Hall–Kier alpha value is -1.27. The van der Waals surface area contributed by atoms with Gasteiger partial charge in [-0.3, -0.25) is 9.59 Å². The van der Waals surface area contributed by atoms with Gasteiger partial charge in [-0.25, -0.2) is 0 Å². The molecule has 1 rings (SSSR count). The number of alkyl halides is 3. The Bertz CT molecular complexity index is 317. The average Bonchev–Trinajstić information content (AvgIpc) is 2.20. The number of aliphatic carboxylic acids is 1. The van der Waals surface area contributed by atoms with E-state index in [1.807, 2.05) is 0 Å². The molecule has 1 heterocycles. The van der Waals surface area contributed by atoms with Crippen LogP contribution in [0.5, 0.6) is 0 Å². The van der Waals surface area contributed by atoms with Crippen molar-refractivity contribution in [1.29, 1.82) is 0 Å². The van der Waals surface area contributed by atoms with Crippen LogP contribution in [-0.4, -0.2) is 41.1 Å². The molecule has 0 saturated carbocycles. The van der Waals surface area contributed by atoms with Crippen molar-refractivity contribution in [3.8, 4) is 0 Å². The number of amides is 1. The fraction of sp³-hybridized carbons (Fsp3) is 0.818. The summed E-state index contributed by atoms with van der Waals surface area (Å²) in [6.45, 7) is 0.0778. The molecule has 1 aliphatic rings. The minimum absolute atomic E-state index is 0.0176. The minimum atomic E-state index is -4.85. The third-order valence-corrected chi connectivity index (χ3v) is 3.09. The highest BCUT2D eigenvalue weighted by Crippen LogP contribution is 2.24. The molecule has 0 aromatic heterocycles. The molecule has 0 aromatic carbocycles. The first-order valence-electron chi connectivity index (χ1n) is 5.88. The Morgan fingerprint density at radius 2 is 1.83 bits per heavy atom. The maximum Gasteiger partial charge on any atom is 0.471 e. The predicted molar refractivity (Wildman–Crippen MR) is 56.8 cm³/mol. The summed E-state index contributed by atoms with van der Waals surface area (Å²) in [6.07, 6.45) is -2.75. The molecule has 104 valence electrons. The van der Waals surface area contributed by atoms with E-state index >= 15 is 0 Å². The van der Waals surface area contributed by atoms with Crippen LogP contribution < -0.4 is 0 Å². The number of hydrogen-bond acceptors (Lipinski definition) is 2. The molecule has 1 fully saturated rings. The van der Waals surface area contributed by atoms with Crippen molar-refractivity contribution in [2.75, 3.05) is 13.1 Å². The van der Waals surface area contributed by atoms with E-state index in [1.165, 1.54) is 0 Å². The normalized spacial score (nSPS) is 22.2. The fourth-order valence-corrected chi connectivity index (χ4v) is 2.16. The molecular formula is C11H16F3NO3. The molecular weight excluding hydrogens is 251 g/mol. The molecule has 0 bridgehead atoms. The average molecular weight is 267 g/mol. The first-order valence-corrected chi connectivity index (χ1v) is 5.88. The van der Waals surface area contributed by atoms with E-state index in [0.29, 0.717) is 25.7 Å². The highest BCUT2D eigenvalue weighted by Gasteiger charge is 2.42. The van der Waals surface area contributed by atoms with Crippen molar-refractivity contribution >= 4 is 11.9 Å². The van der Waals surface area contributed by atoms with Crippen LogP contribution in [0.4, 0.5) is 13.2 Å². The number of carboxylic acid groups (broad SMARTS) is 1. The summed E-state index contributed by atoms with van der Waals surface area (Å²) >= 11 is 0. The topological polar surface area (TPSA) is 57.6 Å². The third kappa shape index (κ3) is 4.54. The van der Waals surface area contributed by atoms with Crippen molar-refractivity contribution in [3.05, 3.63) is 0 Å². The number of likely N-dealkylation sites (tertiary alicyclic amines) is 1. The van der Waals surface area contributed by atoms with Crippen LogP contribution in [0.15, 0.2) is 0 Å². The van der Waals surface area contributed by atoms with E-state index in [0.717, 1.165) is 4.90 Å². The van der Waals surface area contributed by atoms with Gasteiger partial charge in [0, 0.05) is 19.5 Å². The molecule has 7 heteroatoms. The largest absolute Gasteiger partial charge is 0.481 e. The molecule has 18 heavy (non-hydrogen) atoms. The molecule has 1 amide bonds. The Morgan fingerprint density at radius 3 is 2.39 bits per heavy atom. The molecule has 4 nitrogen and oxygen atoms in total. The van der Waals surface area contributed by atoms with Gasteiger partial charge in [-0.2, -0.15) is 13.2 Å². The van der Waals surface area contributed by atoms with E-state index in [-0.39, 0.29) is 25.4 Å². The zero-order chi connectivity index (χ0) is 13.8. The number of nitrogens with zero attached hydrogens (tertiary/aromatic N) is 1. The highest BCUT2D eigenvalue weighted by molar-refractivity contribution is 5.81.